The summed E-state index contributed by atoms with van der Waals surface area (Å²) in [6.45, 7) is 0.807. The monoisotopic (exact) mass is 323 g/mol. The van der Waals surface area contributed by atoms with Gasteiger partial charge in [0.05, 0.1) is 11.9 Å². The molecule has 4 nitrogen and oxygen atoms in total. The van der Waals surface area contributed by atoms with Crippen molar-refractivity contribution >= 4 is 17.4 Å². The summed E-state index contributed by atoms with van der Waals surface area (Å²) in [5, 5.41) is 3.01. The molecule has 0 radical (unpaired) electrons. The van der Waals surface area contributed by atoms with E-state index in [4.69, 9.17) is 0 Å². The predicted molar refractivity (Wildman–Crippen MR) is 98.0 cm³/mol. The van der Waals surface area contributed by atoms with Crippen molar-refractivity contribution in [2.24, 2.45) is 5.92 Å². The molecule has 1 heterocycles. The van der Waals surface area contributed by atoms with Gasteiger partial charge < -0.3 is 10.2 Å². The SMILES string of the molecule is CN(Cc1ccccc1)c1ccc(NC(=O)C2CCCCC2)cn1. The van der Waals surface area contributed by atoms with Gasteiger partial charge in [0.1, 0.15) is 5.82 Å². The third-order valence-electron chi connectivity index (χ3n) is 4.65. The van der Waals surface area contributed by atoms with Gasteiger partial charge in [0.2, 0.25) is 5.91 Å². The molecule has 1 saturated carbocycles. The number of aromatic nitrogens is 1. The first kappa shape index (κ1) is 16.5. The Kier molecular flexibility index (Phi) is 5.47. The Morgan fingerprint density at radius 1 is 1.12 bits per heavy atom. The number of nitrogens with zero attached hydrogens (tertiary/aromatic N) is 2. The molecule has 24 heavy (non-hydrogen) atoms. The highest BCUT2D eigenvalue weighted by molar-refractivity contribution is 5.92. The zero-order chi connectivity index (χ0) is 16.8. The molecular weight excluding hydrogens is 298 g/mol. The average molecular weight is 323 g/mol. The summed E-state index contributed by atoms with van der Waals surface area (Å²) in [6, 6.07) is 14.2. The lowest BCUT2D eigenvalue weighted by Crippen LogP contribution is -2.25. The van der Waals surface area contributed by atoms with Gasteiger partial charge in [-0.1, -0.05) is 49.6 Å². The van der Waals surface area contributed by atoms with Crippen molar-refractivity contribution in [1.82, 2.24) is 4.98 Å². The topological polar surface area (TPSA) is 45.2 Å². The van der Waals surface area contributed by atoms with Crippen molar-refractivity contribution in [2.45, 2.75) is 38.6 Å². The highest BCUT2D eigenvalue weighted by Gasteiger charge is 2.21. The van der Waals surface area contributed by atoms with E-state index in [1.54, 1.807) is 6.20 Å². The number of hydrogen-bond donors (Lipinski definition) is 1. The third-order valence-corrected chi connectivity index (χ3v) is 4.65. The molecule has 1 amide bonds. The van der Waals surface area contributed by atoms with Gasteiger partial charge in [-0.3, -0.25) is 4.79 Å². The number of hydrogen-bond acceptors (Lipinski definition) is 3. The summed E-state index contributed by atoms with van der Waals surface area (Å²) >= 11 is 0. The van der Waals surface area contributed by atoms with E-state index in [0.717, 1.165) is 30.9 Å². The van der Waals surface area contributed by atoms with Gasteiger partial charge in [0.25, 0.3) is 0 Å². The minimum absolute atomic E-state index is 0.141. The van der Waals surface area contributed by atoms with E-state index in [2.05, 4.69) is 27.3 Å². The number of benzene rings is 1. The summed E-state index contributed by atoms with van der Waals surface area (Å²) in [6.07, 6.45) is 7.36. The molecule has 1 fully saturated rings. The molecule has 3 rings (SSSR count). The normalized spacial score (nSPS) is 15.0. The van der Waals surface area contributed by atoms with Crippen molar-refractivity contribution in [1.29, 1.82) is 0 Å². The number of nitrogens with one attached hydrogen (secondary N) is 1. The number of carbonyl (C=O) groups is 1. The molecule has 126 valence electrons. The second-order valence-electron chi connectivity index (χ2n) is 6.57. The number of carbonyl (C=O) groups excluding carboxylic acids is 1. The molecule has 2 aromatic rings. The zero-order valence-corrected chi connectivity index (χ0v) is 14.2. The maximum absolute atomic E-state index is 12.3. The van der Waals surface area contributed by atoms with Crippen LogP contribution in [0.25, 0.3) is 0 Å². The molecule has 1 aliphatic carbocycles. The Labute approximate surface area is 143 Å². The standard InChI is InChI=1S/C20H25N3O/c1-23(15-16-8-4-2-5-9-16)19-13-12-18(14-21-19)22-20(24)17-10-6-3-7-11-17/h2,4-5,8-9,12-14,17H,3,6-7,10-11,15H2,1H3,(H,22,24). The quantitative estimate of drug-likeness (QED) is 0.895. The second-order valence-corrected chi connectivity index (χ2v) is 6.57. The Bertz CT molecular complexity index is 648. The molecule has 0 atom stereocenters. The Balaban J connectivity index is 1.57. The fourth-order valence-electron chi connectivity index (χ4n) is 3.23. The van der Waals surface area contributed by atoms with E-state index in [-0.39, 0.29) is 11.8 Å². The highest BCUT2D eigenvalue weighted by Crippen LogP contribution is 2.25. The van der Waals surface area contributed by atoms with Crippen molar-refractivity contribution in [2.75, 3.05) is 17.3 Å². The number of anilines is 2. The Hall–Kier alpha value is -2.36. The van der Waals surface area contributed by atoms with Crippen LogP contribution in [0.3, 0.4) is 0 Å². The Morgan fingerprint density at radius 2 is 1.88 bits per heavy atom. The number of amides is 1. The molecule has 0 saturated heterocycles. The van der Waals surface area contributed by atoms with Crippen LogP contribution >= 0.6 is 0 Å². The molecule has 1 aromatic carbocycles. The van der Waals surface area contributed by atoms with Crippen molar-refractivity contribution in [3.05, 3.63) is 54.2 Å². The van der Waals surface area contributed by atoms with E-state index in [1.165, 1.54) is 24.8 Å². The summed E-state index contributed by atoms with van der Waals surface area (Å²) in [4.78, 5) is 18.9. The van der Waals surface area contributed by atoms with Crippen LogP contribution in [0, 0.1) is 5.92 Å². The molecule has 0 unspecified atom stereocenters. The third kappa shape index (κ3) is 4.34. The van der Waals surface area contributed by atoms with E-state index in [9.17, 15) is 4.79 Å². The van der Waals surface area contributed by atoms with Crippen LogP contribution in [0.5, 0.6) is 0 Å². The van der Waals surface area contributed by atoms with Crippen LogP contribution in [0.4, 0.5) is 11.5 Å². The van der Waals surface area contributed by atoms with Gasteiger partial charge in [-0.15, -0.1) is 0 Å². The van der Waals surface area contributed by atoms with Gasteiger partial charge >= 0.3 is 0 Å². The lowest BCUT2D eigenvalue weighted by atomic mass is 9.88. The molecule has 1 aliphatic rings. The maximum Gasteiger partial charge on any atom is 0.227 e. The van der Waals surface area contributed by atoms with Crippen molar-refractivity contribution in [3.63, 3.8) is 0 Å². The van der Waals surface area contributed by atoms with Crippen molar-refractivity contribution in [3.8, 4) is 0 Å². The first-order valence-corrected chi connectivity index (χ1v) is 8.74. The van der Waals surface area contributed by atoms with Crippen molar-refractivity contribution < 1.29 is 4.79 Å². The van der Waals surface area contributed by atoms with E-state index >= 15 is 0 Å². The Morgan fingerprint density at radius 3 is 2.54 bits per heavy atom. The molecular formula is C20H25N3O. The number of rotatable bonds is 5. The minimum atomic E-state index is 0.141. The fourth-order valence-corrected chi connectivity index (χ4v) is 3.23. The lowest BCUT2D eigenvalue weighted by molar-refractivity contribution is -0.120. The summed E-state index contributed by atoms with van der Waals surface area (Å²) in [5.41, 5.74) is 2.03. The molecule has 4 heteroatoms. The zero-order valence-electron chi connectivity index (χ0n) is 14.2. The smallest absolute Gasteiger partial charge is 0.227 e. The fraction of sp³-hybridized carbons (Fsp3) is 0.400. The van der Waals surface area contributed by atoms with Gasteiger partial charge in [0, 0.05) is 19.5 Å². The molecule has 0 bridgehead atoms. The first-order chi connectivity index (χ1) is 11.7. The maximum atomic E-state index is 12.3. The van der Waals surface area contributed by atoms with Gasteiger partial charge in [-0.05, 0) is 30.5 Å². The summed E-state index contributed by atoms with van der Waals surface area (Å²) < 4.78 is 0. The highest BCUT2D eigenvalue weighted by atomic mass is 16.1. The van der Waals surface area contributed by atoms with Crippen LogP contribution in [0.1, 0.15) is 37.7 Å². The van der Waals surface area contributed by atoms with Crippen LogP contribution in [0.15, 0.2) is 48.7 Å². The number of pyridine rings is 1. The molecule has 1 aromatic heterocycles. The molecule has 1 N–H and O–H groups in total. The van der Waals surface area contributed by atoms with Gasteiger partial charge in [-0.2, -0.15) is 0 Å². The lowest BCUT2D eigenvalue weighted by Gasteiger charge is -2.21. The van der Waals surface area contributed by atoms with Crippen LogP contribution in [0.2, 0.25) is 0 Å². The molecule has 0 spiro atoms. The largest absolute Gasteiger partial charge is 0.355 e. The van der Waals surface area contributed by atoms with Gasteiger partial charge in [-0.25, -0.2) is 4.98 Å². The van der Waals surface area contributed by atoms with E-state index in [1.807, 2.05) is 37.4 Å². The van der Waals surface area contributed by atoms with E-state index < -0.39 is 0 Å². The summed E-state index contributed by atoms with van der Waals surface area (Å²) in [7, 11) is 2.02. The van der Waals surface area contributed by atoms with Crippen LogP contribution < -0.4 is 10.2 Å². The predicted octanol–water partition coefficient (Wildman–Crippen LogP) is 4.24. The summed E-state index contributed by atoms with van der Waals surface area (Å²) in [5.74, 6) is 1.20. The van der Waals surface area contributed by atoms with Crippen LogP contribution in [-0.2, 0) is 11.3 Å². The minimum Gasteiger partial charge on any atom is -0.355 e. The van der Waals surface area contributed by atoms with Gasteiger partial charge in [0.15, 0.2) is 0 Å². The average Bonchev–Trinajstić information content (AvgIpc) is 2.64. The molecule has 0 aliphatic heterocycles. The van der Waals surface area contributed by atoms with E-state index in [0.29, 0.717) is 0 Å². The second kappa shape index (κ2) is 7.95. The van der Waals surface area contributed by atoms with Crippen LogP contribution in [-0.4, -0.2) is 17.9 Å². The first-order valence-electron chi connectivity index (χ1n) is 8.74.